The van der Waals surface area contributed by atoms with Crippen LogP contribution < -0.4 is 0 Å². The van der Waals surface area contributed by atoms with E-state index in [0.717, 1.165) is 0 Å². The van der Waals surface area contributed by atoms with Crippen LogP contribution in [0.2, 0.25) is 0 Å². The Morgan fingerprint density at radius 2 is 1.38 bits per heavy atom. The highest BCUT2D eigenvalue weighted by Gasteiger charge is 2.74. The lowest BCUT2D eigenvalue weighted by molar-refractivity contribution is -0.166. The second kappa shape index (κ2) is 7.64. The lowest BCUT2D eigenvalue weighted by atomic mass is 9.67. The van der Waals surface area contributed by atoms with Gasteiger partial charge < -0.3 is 29.8 Å². The van der Waals surface area contributed by atoms with Crippen molar-refractivity contribution in [2.75, 3.05) is 0 Å². The molecule has 6 N–H and O–H groups in total. The van der Waals surface area contributed by atoms with Gasteiger partial charge in [-0.15, -0.1) is 0 Å². The van der Waals surface area contributed by atoms with E-state index in [-0.39, 0.29) is 19.3 Å². The van der Waals surface area contributed by atoms with Gasteiger partial charge in [0.1, 0.15) is 5.41 Å². The molecule has 12 heteroatoms. The van der Waals surface area contributed by atoms with Gasteiger partial charge in [0.25, 0.3) is 0 Å². The normalized spacial score (nSPS) is 17.1. The molecule has 0 aliphatic rings. The van der Waals surface area contributed by atoms with Crippen molar-refractivity contribution in [1.29, 1.82) is 0 Å². The van der Waals surface area contributed by atoms with Gasteiger partial charge in [-0.2, -0.15) is 0 Å². The van der Waals surface area contributed by atoms with E-state index in [1.165, 1.54) is 13.8 Å². The summed E-state index contributed by atoms with van der Waals surface area (Å²) in [5, 5.41) is 19.2. The second-order valence-electron chi connectivity index (χ2n) is 5.81. The molecule has 0 radical (unpaired) electrons. The number of carboxylic acids is 2. The van der Waals surface area contributed by atoms with E-state index >= 15 is 0 Å². The predicted octanol–water partition coefficient (Wildman–Crippen LogP) is 1.43. The van der Waals surface area contributed by atoms with Crippen LogP contribution in [0, 0.1) is 11.3 Å². The fourth-order valence-corrected chi connectivity index (χ4v) is 6.28. The summed E-state index contributed by atoms with van der Waals surface area (Å²) in [5.74, 6) is -5.52. The summed E-state index contributed by atoms with van der Waals surface area (Å²) < 4.78 is 24.0. The molecule has 0 aromatic heterocycles. The van der Waals surface area contributed by atoms with Gasteiger partial charge in [0.2, 0.25) is 0 Å². The SMILES string of the molecule is CCCC(C(=O)O)C(CCC)(C(=O)O)C(C)(P(=O)(O)O)P(=O)(O)O. The van der Waals surface area contributed by atoms with Gasteiger partial charge in [-0.05, 0) is 19.8 Å². The minimum absolute atomic E-state index is 0.0462. The highest BCUT2D eigenvalue weighted by atomic mass is 31.2. The topological polar surface area (TPSA) is 190 Å². The molecule has 0 aliphatic heterocycles. The highest BCUT2D eigenvalue weighted by molar-refractivity contribution is 7.72. The number of rotatable bonds is 10. The number of hydrogen-bond donors (Lipinski definition) is 6. The van der Waals surface area contributed by atoms with E-state index in [9.17, 15) is 48.5 Å². The molecule has 0 aromatic carbocycles. The zero-order valence-electron chi connectivity index (χ0n) is 13.6. The Bertz CT molecular complexity index is 554. The average Bonchev–Trinajstić information content (AvgIpc) is 2.38. The fourth-order valence-electron chi connectivity index (χ4n) is 3.15. The van der Waals surface area contributed by atoms with Crippen molar-refractivity contribution < 1.29 is 48.5 Å². The Labute approximate surface area is 139 Å². The van der Waals surface area contributed by atoms with Crippen molar-refractivity contribution in [2.45, 2.75) is 51.4 Å². The Hall–Kier alpha value is -0.760. The minimum Gasteiger partial charge on any atom is -0.481 e. The molecular weight excluding hydrogens is 366 g/mol. The maximum Gasteiger partial charge on any atom is 0.344 e. The monoisotopic (exact) mass is 390 g/mol. The van der Waals surface area contributed by atoms with Crippen molar-refractivity contribution in [2.24, 2.45) is 11.3 Å². The first-order chi connectivity index (χ1) is 10.6. The molecule has 0 aromatic rings. The number of carbonyl (C=O) groups is 2. The molecule has 0 heterocycles. The summed E-state index contributed by atoms with van der Waals surface area (Å²) in [6, 6.07) is 0. The molecular formula is C12H24O10P2. The van der Waals surface area contributed by atoms with E-state index in [0.29, 0.717) is 6.92 Å². The first-order valence-corrected chi connectivity index (χ1v) is 10.4. The minimum atomic E-state index is -5.74. The Balaban J connectivity index is 7.13. The Morgan fingerprint density at radius 1 is 0.958 bits per heavy atom. The van der Waals surface area contributed by atoms with Gasteiger partial charge in [-0.25, -0.2) is 0 Å². The molecule has 0 aliphatic carbocycles. The molecule has 2 unspecified atom stereocenters. The quantitative estimate of drug-likeness (QED) is 0.297. The van der Waals surface area contributed by atoms with Crippen molar-refractivity contribution >= 4 is 27.1 Å². The lowest BCUT2D eigenvalue weighted by Gasteiger charge is -2.48. The zero-order valence-corrected chi connectivity index (χ0v) is 15.4. The van der Waals surface area contributed by atoms with Crippen molar-refractivity contribution in [1.82, 2.24) is 0 Å². The molecule has 0 fully saturated rings. The molecule has 142 valence electrons. The van der Waals surface area contributed by atoms with Gasteiger partial charge in [-0.3, -0.25) is 18.7 Å². The van der Waals surface area contributed by atoms with E-state index in [2.05, 4.69) is 0 Å². The third-order valence-electron chi connectivity index (χ3n) is 4.48. The van der Waals surface area contributed by atoms with Crippen LogP contribution >= 0.6 is 15.2 Å². The fraction of sp³-hybridized carbons (Fsp3) is 0.833. The number of hydrogen-bond acceptors (Lipinski definition) is 4. The molecule has 0 bridgehead atoms. The van der Waals surface area contributed by atoms with Crippen LogP contribution in [0.3, 0.4) is 0 Å². The molecule has 0 rings (SSSR count). The van der Waals surface area contributed by atoms with Crippen LogP contribution in [-0.2, 0) is 18.7 Å². The molecule has 2 atom stereocenters. The van der Waals surface area contributed by atoms with E-state index < -0.39 is 49.8 Å². The summed E-state index contributed by atoms with van der Waals surface area (Å²) in [6.45, 7) is 3.42. The highest BCUT2D eigenvalue weighted by Crippen LogP contribution is 2.77. The average molecular weight is 390 g/mol. The van der Waals surface area contributed by atoms with E-state index in [4.69, 9.17) is 0 Å². The zero-order chi connectivity index (χ0) is 19.6. The molecule has 0 saturated heterocycles. The van der Waals surface area contributed by atoms with Crippen LogP contribution in [-0.4, -0.2) is 46.6 Å². The van der Waals surface area contributed by atoms with Crippen LogP contribution in [0.4, 0.5) is 0 Å². The van der Waals surface area contributed by atoms with Crippen molar-refractivity contribution in [3.8, 4) is 0 Å². The van der Waals surface area contributed by atoms with E-state index in [1.54, 1.807) is 0 Å². The third-order valence-corrected chi connectivity index (χ3v) is 9.11. The van der Waals surface area contributed by atoms with Crippen molar-refractivity contribution in [3.63, 3.8) is 0 Å². The van der Waals surface area contributed by atoms with Gasteiger partial charge in [0.05, 0.1) is 5.92 Å². The molecule has 0 saturated carbocycles. The first-order valence-electron chi connectivity index (χ1n) is 7.22. The van der Waals surface area contributed by atoms with Crippen LogP contribution in [0.1, 0.15) is 46.5 Å². The largest absolute Gasteiger partial charge is 0.481 e. The Kier molecular flexibility index (Phi) is 7.40. The molecule has 0 spiro atoms. The van der Waals surface area contributed by atoms with E-state index in [1.807, 2.05) is 0 Å². The number of aliphatic carboxylic acids is 2. The Morgan fingerprint density at radius 3 is 1.58 bits per heavy atom. The van der Waals surface area contributed by atoms with Gasteiger partial charge in [-0.1, -0.05) is 26.7 Å². The standard InChI is InChI=1S/C12H24O10P2/c1-4-6-8(9(13)14)12(7-5-2,10(15)16)11(3,23(17,18)19)24(20,21)22/h8H,4-7H2,1-3H3,(H,13,14)(H,15,16)(H2,17,18,19)(H2,20,21,22). The summed E-state index contributed by atoms with van der Waals surface area (Å²) in [5.41, 5.74) is -2.85. The number of carboxylic acid groups (broad SMARTS) is 2. The molecule has 0 amide bonds. The van der Waals surface area contributed by atoms with Gasteiger partial charge in [0.15, 0.2) is 4.90 Å². The predicted molar refractivity (Wildman–Crippen MR) is 83.5 cm³/mol. The second-order valence-corrected chi connectivity index (χ2v) is 10.1. The van der Waals surface area contributed by atoms with Crippen molar-refractivity contribution in [3.05, 3.63) is 0 Å². The summed E-state index contributed by atoms with van der Waals surface area (Å²) >= 11 is 0. The van der Waals surface area contributed by atoms with Gasteiger partial charge >= 0.3 is 27.1 Å². The molecule has 10 nitrogen and oxygen atoms in total. The molecule has 24 heavy (non-hydrogen) atoms. The summed E-state index contributed by atoms with van der Waals surface area (Å²) in [7, 11) is -11.5. The van der Waals surface area contributed by atoms with Crippen LogP contribution in [0.25, 0.3) is 0 Å². The third kappa shape index (κ3) is 3.59. The van der Waals surface area contributed by atoms with Crippen LogP contribution in [0.5, 0.6) is 0 Å². The maximum absolute atomic E-state index is 12.0. The first kappa shape index (κ1) is 23.2. The lowest BCUT2D eigenvalue weighted by Crippen LogP contribution is -2.57. The van der Waals surface area contributed by atoms with Crippen LogP contribution in [0.15, 0.2) is 0 Å². The van der Waals surface area contributed by atoms with Gasteiger partial charge in [0, 0.05) is 0 Å². The maximum atomic E-state index is 12.0. The summed E-state index contributed by atoms with van der Waals surface area (Å²) in [4.78, 5) is 58.9. The smallest absolute Gasteiger partial charge is 0.344 e. The summed E-state index contributed by atoms with van der Waals surface area (Å²) in [6.07, 6.45) is -0.827.